The molecule has 96 valence electrons. The summed E-state index contributed by atoms with van der Waals surface area (Å²) in [5.41, 5.74) is 7.77. The molecule has 17 heavy (non-hydrogen) atoms. The van der Waals surface area contributed by atoms with E-state index >= 15 is 0 Å². The van der Waals surface area contributed by atoms with Crippen molar-refractivity contribution in [2.75, 3.05) is 5.32 Å². The van der Waals surface area contributed by atoms with Gasteiger partial charge in [0.25, 0.3) is 0 Å². The fourth-order valence-corrected chi connectivity index (χ4v) is 1.62. The first-order valence-electron chi connectivity index (χ1n) is 5.83. The summed E-state index contributed by atoms with van der Waals surface area (Å²) in [5, 5.41) is 2.88. The van der Waals surface area contributed by atoms with E-state index in [1.807, 2.05) is 31.2 Å². The molecule has 3 nitrogen and oxygen atoms in total. The molecule has 0 heterocycles. The summed E-state index contributed by atoms with van der Waals surface area (Å²) >= 11 is 0. The van der Waals surface area contributed by atoms with Crippen LogP contribution >= 0.6 is 12.4 Å². The number of hydrogen-bond donors (Lipinski definition) is 2. The quantitative estimate of drug-likeness (QED) is 0.851. The average molecular weight is 257 g/mol. The standard InChI is InChI=1S/C13H20N2O.ClH/c1-3-7-11(14)13(16)15-12-9-6-5-8-10(12)4-2;/h5-6,8-9,11H,3-4,7,14H2,1-2H3,(H,15,16);1H. The molecule has 0 bridgehead atoms. The van der Waals surface area contributed by atoms with Crippen molar-refractivity contribution >= 4 is 24.0 Å². The molecule has 1 aromatic rings. The SMILES string of the molecule is CCCC(N)C(=O)Nc1ccccc1CC.Cl. The number of anilines is 1. The smallest absolute Gasteiger partial charge is 0.241 e. The molecule has 4 heteroatoms. The molecule has 0 fully saturated rings. The molecule has 1 rings (SSSR count). The van der Waals surface area contributed by atoms with Crippen molar-refractivity contribution in [2.24, 2.45) is 5.73 Å². The predicted molar refractivity (Wildman–Crippen MR) is 74.6 cm³/mol. The van der Waals surface area contributed by atoms with Crippen molar-refractivity contribution in [2.45, 2.75) is 39.2 Å². The van der Waals surface area contributed by atoms with E-state index in [0.717, 1.165) is 30.5 Å². The first-order valence-corrected chi connectivity index (χ1v) is 5.83. The minimum absolute atomic E-state index is 0. The molecule has 0 aliphatic carbocycles. The maximum atomic E-state index is 11.7. The van der Waals surface area contributed by atoms with Gasteiger partial charge in [-0.25, -0.2) is 0 Å². The molecular formula is C13H21ClN2O. The number of hydrogen-bond acceptors (Lipinski definition) is 2. The van der Waals surface area contributed by atoms with Gasteiger partial charge in [0.1, 0.15) is 0 Å². The third-order valence-corrected chi connectivity index (χ3v) is 2.59. The molecule has 0 aliphatic rings. The number of amides is 1. The highest BCUT2D eigenvalue weighted by atomic mass is 35.5. The van der Waals surface area contributed by atoms with E-state index in [9.17, 15) is 4.79 Å². The van der Waals surface area contributed by atoms with Crippen LogP contribution in [0.1, 0.15) is 32.3 Å². The molecule has 0 spiro atoms. The third-order valence-electron chi connectivity index (χ3n) is 2.59. The van der Waals surface area contributed by atoms with Gasteiger partial charge in [-0.2, -0.15) is 0 Å². The molecule has 0 saturated carbocycles. The van der Waals surface area contributed by atoms with E-state index in [2.05, 4.69) is 12.2 Å². The number of para-hydroxylation sites is 1. The minimum atomic E-state index is -0.407. The van der Waals surface area contributed by atoms with Crippen LogP contribution in [0, 0.1) is 0 Å². The number of carbonyl (C=O) groups excluding carboxylic acids is 1. The molecule has 0 radical (unpaired) electrons. The van der Waals surface area contributed by atoms with Crippen LogP contribution in [0.2, 0.25) is 0 Å². The predicted octanol–water partition coefficient (Wildman–Crippen LogP) is 2.74. The maximum absolute atomic E-state index is 11.7. The van der Waals surface area contributed by atoms with Crippen molar-refractivity contribution in [1.82, 2.24) is 0 Å². The van der Waals surface area contributed by atoms with Crippen LogP contribution in [0.5, 0.6) is 0 Å². The van der Waals surface area contributed by atoms with Gasteiger partial charge in [-0.3, -0.25) is 4.79 Å². The topological polar surface area (TPSA) is 55.1 Å². The highest BCUT2D eigenvalue weighted by Crippen LogP contribution is 2.15. The zero-order valence-electron chi connectivity index (χ0n) is 10.4. The summed E-state index contributed by atoms with van der Waals surface area (Å²) in [6, 6.07) is 7.41. The summed E-state index contributed by atoms with van der Waals surface area (Å²) in [6.45, 7) is 4.09. The molecule has 0 saturated heterocycles. The average Bonchev–Trinajstić information content (AvgIpc) is 2.30. The molecule has 1 amide bonds. The highest BCUT2D eigenvalue weighted by Gasteiger charge is 2.13. The van der Waals surface area contributed by atoms with Crippen molar-refractivity contribution in [3.8, 4) is 0 Å². The number of benzene rings is 1. The van der Waals surface area contributed by atoms with E-state index < -0.39 is 6.04 Å². The number of aryl methyl sites for hydroxylation is 1. The Morgan fingerprint density at radius 1 is 1.35 bits per heavy atom. The monoisotopic (exact) mass is 256 g/mol. The van der Waals surface area contributed by atoms with E-state index in [1.165, 1.54) is 0 Å². The molecule has 3 N–H and O–H groups in total. The minimum Gasteiger partial charge on any atom is -0.324 e. The van der Waals surface area contributed by atoms with Crippen LogP contribution in [0.3, 0.4) is 0 Å². The van der Waals surface area contributed by atoms with Gasteiger partial charge in [-0.15, -0.1) is 12.4 Å². The lowest BCUT2D eigenvalue weighted by molar-refractivity contribution is -0.117. The molecule has 0 aromatic heterocycles. The Morgan fingerprint density at radius 2 is 2.00 bits per heavy atom. The summed E-state index contributed by atoms with van der Waals surface area (Å²) in [6.07, 6.45) is 2.55. The van der Waals surface area contributed by atoms with Crippen LogP contribution in [0.15, 0.2) is 24.3 Å². The molecule has 0 aliphatic heterocycles. The van der Waals surface area contributed by atoms with Crippen LogP contribution in [-0.4, -0.2) is 11.9 Å². The van der Waals surface area contributed by atoms with Gasteiger partial charge in [0.05, 0.1) is 6.04 Å². The van der Waals surface area contributed by atoms with Gasteiger partial charge in [0.2, 0.25) is 5.91 Å². The third kappa shape index (κ3) is 4.75. The molecular weight excluding hydrogens is 236 g/mol. The van der Waals surface area contributed by atoms with E-state index in [4.69, 9.17) is 5.73 Å². The van der Waals surface area contributed by atoms with Crippen molar-refractivity contribution in [1.29, 1.82) is 0 Å². The van der Waals surface area contributed by atoms with Gasteiger partial charge in [-0.05, 0) is 24.5 Å². The van der Waals surface area contributed by atoms with Crippen LogP contribution in [-0.2, 0) is 11.2 Å². The van der Waals surface area contributed by atoms with E-state index in [1.54, 1.807) is 0 Å². The second-order valence-electron chi connectivity index (χ2n) is 3.90. The van der Waals surface area contributed by atoms with Crippen molar-refractivity contribution in [3.05, 3.63) is 29.8 Å². The Labute approximate surface area is 109 Å². The number of nitrogens with one attached hydrogen (secondary N) is 1. The normalized spacial score (nSPS) is 11.5. The molecule has 1 atom stereocenters. The van der Waals surface area contributed by atoms with Gasteiger partial charge in [0.15, 0.2) is 0 Å². The Kier molecular flexibility index (Phi) is 7.59. The molecule has 1 aromatic carbocycles. The molecule has 1 unspecified atom stereocenters. The number of halogens is 1. The summed E-state index contributed by atoms with van der Waals surface area (Å²) < 4.78 is 0. The Morgan fingerprint density at radius 3 is 2.59 bits per heavy atom. The lowest BCUT2D eigenvalue weighted by Gasteiger charge is -2.13. The fourth-order valence-electron chi connectivity index (χ4n) is 1.62. The number of rotatable bonds is 5. The largest absolute Gasteiger partial charge is 0.324 e. The number of nitrogens with two attached hydrogens (primary N) is 1. The van der Waals surface area contributed by atoms with Crippen LogP contribution in [0.25, 0.3) is 0 Å². The fraction of sp³-hybridized carbons (Fsp3) is 0.462. The summed E-state index contributed by atoms with van der Waals surface area (Å²) in [7, 11) is 0. The summed E-state index contributed by atoms with van der Waals surface area (Å²) in [5.74, 6) is -0.0947. The Hall–Kier alpha value is -1.06. The van der Waals surface area contributed by atoms with Crippen LogP contribution < -0.4 is 11.1 Å². The Bertz CT molecular complexity index is 355. The van der Waals surface area contributed by atoms with E-state index in [0.29, 0.717) is 0 Å². The number of carbonyl (C=O) groups is 1. The van der Waals surface area contributed by atoms with Gasteiger partial charge >= 0.3 is 0 Å². The van der Waals surface area contributed by atoms with Crippen molar-refractivity contribution in [3.63, 3.8) is 0 Å². The second kappa shape index (κ2) is 8.09. The highest BCUT2D eigenvalue weighted by molar-refractivity contribution is 5.95. The lowest BCUT2D eigenvalue weighted by atomic mass is 10.1. The second-order valence-corrected chi connectivity index (χ2v) is 3.90. The zero-order valence-corrected chi connectivity index (χ0v) is 11.2. The van der Waals surface area contributed by atoms with Gasteiger partial charge < -0.3 is 11.1 Å². The Balaban J connectivity index is 0.00000256. The summed E-state index contributed by atoms with van der Waals surface area (Å²) in [4.78, 5) is 11.7. The zero-order chi connectivity index (χ0) is 12.0. The van der Waals surface area contributed by atoms with Crippen LogP contribution in [0.4, 0.5) is 5.69 Å². The lowest BCUT2D eigenvalue weighted by Crippen LogP contribution is -2.35. The maximum Gasteiger partial charge on any atom is 0.241 e. The van der Waals surface area contributed by atoms with Gasteiger partial charge in [-0.1, -0.05) is 38.5 Å². The first kappa shape index (κ1) is 15.9. The van der Waals surface area contributed by atoms with Crippen molar-refractivity contribution < 1.29 is 4.79 Å². The first-order chi connectivity index (χ1) is 7.69. The van der Waals surface area contributed by atoms with Gasteiger partial charge in [0, 0.05) is 5.69 Å². The van der Waals surface area contributed by atoms with E-state index in [-0.39, 0.29) is 18.3 Å².